The van der Waals surface area contributed by atoms with E-state index >= 15 is 0 Å². The summed E-state index contributed by atoms with van der Waals surface area (Å²) >= 11 is 0. The molecule has 1 aliphatic rings. The molecule has 1 atom stereocenters. The van der Waals surface area contributed by atoms with Gasteiger partial charge in [-0.2, -0.15) is 0 Å². The molecule has 0 aromatic heterocycles. The zero-order valence-corrected chi connectivity index (χ0v) is 18.2. The summed E-state index contributed by atoms with van der Waals surface area (Å²) in [5, 5.41) is 25.1. The molecule has 0 aliphatic heterocycles. The smallest absolute Gasteiger partial charge is 0.251 e. The lowest BCUT2D eigenvalue weighted by atomic mass is 9.96. The number of hydrogen-bond donors (Lipinski definition) is 5. The molecule has 0 saturated heterocycles. The van der Waals surface area contributed by atoms with Gasteiger partial charge < -0.3 is 16.0 Å². The Morgan fingerprint density at radius 3 is 2.47 bits per heavy atom. The number of rotatable bonds is 12. The monoisotopic (exact) mass is 425 g/mol. The molecule has 0 aromatic carbocycles. The van der Waals surface area contributed by atoms with Crippen LogP contribution < -0.4 is 21.4 Å². The maximum atomic E-state index is 12.6. The van der Waals surface area contributed by atoms with E-state index in [-0.39, 0.29) is 18.4 Å². The molecule has 1 radical (unpaired) electrons. The SMILES string of the molecule is CC(C)C[CH]NC(=O)[C@H](CCCNC(=N)N[N+](=O)[O-])NC(=O)CC1CCCCCC1. The molecule has 2 amide bonds. The number of hydrazine groups is 1. The number of carbonyl (C=O) groups excluding carboxylic acids is 2. The number of nitrogens with zero attached hydrogens (tertiary/aromatic N) is 1. The average molecular weight is 426 g/mol. The fourth-order valence-electron chi connectivity index (χ4n) is 3.50. The van der Waals surface area contributed by atoms with Gasteiger partial charge in [-0.3, -0.25) is 15.0 Å². The second kappa shape index (κ2) is 14.6. The van der Waals surface area contributed by atoms with Gasteiger partial charge in [0.05, 0.1) is 0 Å². The van der Waals surface area contributed by atoms with Crippen molar-refractivity contribution >= 4 is 17.8 Å². The molecule has 5 N–H and O–H groups in total. The summed E-state index contributed by atoms with van der Waals surface area (Å²) in [4.78, 5) is 35.4. The Hall–Kier alpha value is -2.39. The zero-order chi connectivity index (χ0) is 22.4. The third-order valence-electron chi connectivity index (χ3n) is 5.11. The van der Waals surface area contributed by atoms with Crippen LogP contribution in [0.25, 0.3) is 0 Å². The Bertz CT molecular complexity index is 561. The fourth-order valence-corrected chi connectivity index (χ4v) is 3.50. The van der Waals surface area contributed by atoms with Crippen LogP contribution in [-0.4, -0.2) is 35.4 Å². The maximum absolute atomic E-state index is 12.6. The molecule has 1 aliphatic carbocycles. The normalized spacial score (nSPS) is 15.7. The van der Waals surface area contributed by atoms with Crippen molar-refractivity contribution < 1.29 is 14.6 Å². The van der Waals surface area contributed by atoms with E-state index in [2.05, 4.69) is 16.0 Å². The highest BCUT2D eigenvalue weighted by atomic mass is 16.7. The summed E-state index contributed by atoms with van der Waals surface area (Å²) in [6.07, 6.45) is 8.89. The van der Waals surface area contributed by atoms with Gasteiger partial charge in [-0.1, -0.05) is 45.0 Å². The topological polar surface area (TPSA) is 149 Å². The Balaban J connectivity index is 2.51. The fraction of sp³-hybridized carbons (Fsp3) is 0.800. The van der Waals surface area contributed by atoms with Crippen LogP contribution in [0.5, 0.6) is 0 Å². The molecule has 10 heteroatoms. The van der Waals surface area contributed by atoms with Crippen LogP contribution in [0.1, 0.15) is 78.1 Å². The van der Waals surface area contributed by atoms with E-state index < -0.39 is 17.0 Å². The molecule has 0 heterocycles. The minimum Gasteiger partial charge on any atom is -0.352 e. The summed E-state index contributed by atoms with van der Waals surface area (Å²) in [5.74, 6) is 0.00518. The lowest BCUT2D eigenvalue weighted by molar-refractivity contribution is -0.525. The van der Waals surface area contributed by atoms with Crippen molar-refractivity contribution in [3.63, 3.8) is 0 Å². The highest BCUT2D eigenvalue weighted by Gasteiger charge is 2.23. The predicted octanol–water partition coefficient (Wildman–Crippen LogP) is 2.24. The zero-order valence-electron chi connectivity index (χ0n) is 18.2. The van der Waals surface area contributed by atoms with Gasteiger partial charge in [0.1, 0.15) is 6.04 Å². The Morgan fingerprint density at radius 1 is 1.20 bits per heavy atom. The molecule has 0 aromatic rings. The second-order valence-corrected chi connectivity index (χ2v) is 8.34. The highest BCUT2D eigenvalue weighted by molar-refractivity contribution is 5.88. The van der Waals surface area contributed by atoms with Crippen LogP contribution >= 0.6 is 0 Å². The summed E-state index contributed by atoms with van der Waals surface area (Å²) in [6, 6.07) is -0.675. The molecule has 1 saturated carbocycles. The van der Waals surface area contributed by atoms with Gasteiger partial charge >= 0.3 is 0 Å². The number of guanidine groups is 1. The first-order valence-electron chi connectivity index (χ1n) is 10.9. The van der Waals surface area contributed by atoms with Gasteiger partial charge in [-0.25, -0.2) is 10.1 Å². The van der Waals surface area contributed by atoms with Gasteiger partial charge in [0.2, 0.25) is 11.8 Å². The third kappa shape index (κ3) is 12.2. The molecule has 1 rings (SSSR count). The minimum absolute atomic E-state index is 0.110. The van der Waals surface area contributed by atoms with E-state index in [4.69, 9.17) is 5.41 Å². The third-order valence-corrected chi connectivity index (χ3v) is 5.11. The molecule has 1 fully saturated rings. The number of carbonyl (C=O) groups is 2. The molecule has 30 heavy (non-hydrogen) atoms. The molecule has 10 nitrogen and oxygen atoms in total. The van der Waals surface area contributed by atoms with Gasteiger partial charge in [-0.15, -0.1) is 0 Å². The first kappa shape index (κ1) is 25.6. The van der Waals surface area contributed by atoms with Crippen molar-refractivity contribution in [2.45, 2.75) is 84.1 Å². The van der Waals surface area contributed by atoms with Crippen molar-refractivity contribution in [1.29, 1.82) is 5.41 Å². The van der Waals surface area contributed by atoms with Crippen LogP contribution in [0.2, 0.25) is 0 Å². The van der Waals surface area contributed by atoms with E-state index in [1.54, 1.807) is 12.0 Å². The van der Waals surface area contributed by atoms with Gasteiger partial charge in [0.25, 0.3) is 5.96 Å². The molecule has 0 spiro atoms. The highest BCUT2D eigenvalue weighted by Crippen LogP contribution is 2.25. The Kier molecular flexibility index (Phi) is 12.5. The van der Waals surface area contributed by atoms with Crippen molar-refractivity contribution in [2.24, 2.45) is 11.8 Å². The molecule has 171 valence electrons. The van der Waals surface area contributed by atoms with Crippen LogP contribution in [0.3, 0.4) is 0 Å². The van der Waals surface area contributed by atoms with E-state index in [0.29, 0.717) is 31.1 Å². The molecule has 0 unspecified atom stereocenters. The second-order valence-electron chi connectivity index (χ2n) is 8.34. The van der Waals surface area contributed by atoms with Crippen LogP contribution in [0.15, 0.2) is 0 Å². The number of hydrogen-bond acceptors (Lipinski definition) is 5. The van der Waals surface area contributed by atoms with Crippen LogP contribution in [-0.2, 0) is 9.59 Å². The first-order chi connectivity index (χ1) is 14.3. The van der Waals surface area contributed by atoms with Crippen molar-refractivity contribution in [3.05, 3.63) is 16.7 Å². The lowest BCUT2D eigenvalue weighted by Gasteiger charge is -2.21. The maximum Gasteiger partial charge on any atom is 0.251 e. The molecule has 0 bridgehead atoms. The van der Waals surface area contributed by atoms with Crippen molar-refractivity contribution in [3.8, 4) is 0 Å². The molecular formula is C20H37N6O4. The number of nitro groups is 1. The van der Waals surface area contributed by atoms with E-state index in [9.17, 15) is 19.7 Å². The van der Waals surface area contributed by atoms with Crippen molar-refractivity contribution in [2.75, 3.05) is 6.54 Å². The number of nitrogens with one attached hydrogen (secondary N) is 5. The molecular weight excluding hydrogens is 388 g/mol. The summed E-state index contributed by atoms with van der Waals surface area (Å²) in [6.45, 7) is 6.09. The van der Waals surface area contributed by atoms with Crippen LogP contribution in [0, 0.1) is 33.9 Å². The largest absolute Gasteiger partial charge is 0.352 e. The van der Waals surface area contributed by atoms with Crippen LogP contribution in [0.4, 0.5) is 0 Å². The van der Waals surface area contributed by atoms with E-state index in [1.165, 1.54) is 12.8 Å². The lowest BCUT2D eigenvalue weighted by Crippen LogP contribution is -2.47. The minimum atomic E-state index is -0.816. The first-order valence-corrected chi connectivity index (χ1v) is 10.9. The van der Waals surface area contributed by atoms with Gasteiger partial charge in [0.15, 0.2) is 5.03 Å². The standard InChI is InChI=1S/C20H37N6O4/c1-15(2)11-13-22-19(28)17(10-7-12-23-20(21)25-26(29)30)24-18(27)14-16-8-5-3-4-6-9-16/h13,15-17H,3-12,14H2,1-2H3,(H,22,28)(H,24,27)(H3,21,23,25)/t17-/m0/s1. The van der Waals surface area contributed by atoms with Gasteiger partial charge in [0, 0.05) is 19.5 Å². The predicted molar refractivity (Wildman–Crippen MR) is 115 cm³/mol. The van der Waals surface area contributed by atoms with Gasteiger partial charge in [-0.05, 0) is 43.9 Å². The quantitative estimate of drug-likeness (QED) is 0.0808. The summed E-state index contributed by atoms with van der Waals surface area (Å²) in [5.41, 5.74) is 1.72. The van der Waals surface area contributed by atoms with E-state index in [0.717, 1.165) is 32.1 Å². The summed E-state index contributed by atoms with van der Waals surface area (Å²) < 4.78 is 0. The summed E-state index contributed by atoms with van der Waals surface area (Å²) in [7, 11) is 0. The number of amides is 2. The Morgan fingerprint density at radius 2 is 1.87 bits per heavy atom. The van der Waals surface area contributed by atoms with E-state index in [1.807, 2.05) is 13.8 Å². The Labute approximate surface area is 178 Å². The van der Waals surface area contributed by atoms with Crippen molar-refractivity contribution in [1.82, 2.24) is 21.4 Å². The average Bonchev–Trinajstić information content (AvgIpc) is 2.91.